The standard InChI is InChI=1S/C13H13Cl2N3O/c1-2-5-18-8-10(15)6-11(18)13(19)17-12-7-9(14)3-4-16-12/h3-4,6-8H,2,5H2,1H3,(H,16,17,19). The van der Waals surface area contributed by atoms with E-state index < -0.39 is 0 Å². The maximum absolute atomic E-state index is 12.2. The maximum atomic E-state index is 12.2. The molecule has 0 radical (unpaired) electrons. The Labute approximate surface area is 121 Å². The van der Waals surface area contributed by atoms with Crippen molar-refractivity contribution < 1.29 is 4.79 Å². The van der Waals surface area contributed by atoms with E-state index in [1.54, 1.807) is 24.4 Å². The fourth-order valence-electron chi connectivity index (χ4n) is 1.74. The third-order valence-electron chi connectivity index (χ3n) is 2.52. The fraction of sp³-hybridized carbons (Fsp3) is 0.231. The van der Waals surface area contributed by atoms with Gasteiger partial charge in [0.15, 0.2) is 0 Å². The van der Waals surface area contributed by atoms with Gasteiger partial charge < -0.3 is 9.88 Å². The van der Waals surface area contributed by atoms with Crippen LogP contribution in [0.1, 0.15) is 23.8 Å². The number of nitrogens with one attached hydrogen (secondary N) is 1. The van der Waals surface area contributed by atoms with Crippen molar-refractivity contribution in [3.63, 3.8) is 0 Å². The molecule has 19 heavy (non-hydrogen) atoms. The molecule has 4 nitrogen and oxygen atoms in total. The first-order valence-electron chi connectivity index (χ1n) is 5.88. The summed E-state index contributed by atoms with van der Waals surface area (Å²) in [6, 6.07) is 4.87. The number of hydrogen-bond donors (Lipinski definition) is 1. The lowest BCUT2D eigenvalue weighted by Gasteiger charge is -2.08. The summed E-state index contributed by atoms with van der Waals surface area (Å²) in [4.78, 5) is 16.2. The molecular weight excluding hydrogens is 285 g/mol. The number of aromatic nitrogens is 2. The molecule has 0 aliphatic heterocycles. The van der Waals surface area contributed by atoms with Crippen LogP contribution in [0.2, 0.25) is 10.0 Å². The van der Waals surface area contributed by atoms with Crippen LogP contribution in [-0.4, -0.2) is 15.5 Å². The average molecular weight is 298 g/mol. The first-order valence-corrected chi connectivity index (χ1v) is 6.64. The Morgan fingerprint density at radius 1 is 1.37 bits per heavy atom. The van der Waals surface area contributed by atoms with Crippen molar-refractivity contribution in [3.05, 3.63) is 46.3 Å². The number of pyridine rings is 1. The van der Waals surface area contributed by atoms with Gasteiger partial charge in [0.2, 0.25) is 0 Å². The van der Waals surface area contributed by atoms with E-state index in [4.69, 9.17) is 23.2 Å². The van der Waals surface area contributed by atoms with Gasteiger partial charge in [0.1, 0.15) is 11.5 Å². The van der Waals surface area contributed by atoms with E-state index in [0.717, 1.165) is 13.0 Å². The molecule has 0 saturated heterocycles. The molecule has 2 aromatic heterocycles. The molecule has 0 unspecified atom stereocenters. The van der Waals surface area contributed by atoms with Gasteiger partial charge in [0.05, 0.1) is 5.02 Å². The van der Waals surface area contributed by atoms with Crippen molar-refractivity contribution >= 4 is 34.9 Å². The third kappa shape index (κ3) is 3.49. The van der Waals surface area contributed by atoms with Crippen molar-refractivity contribution in [2.75, 3.05) is 5.32 Å². The third-order valence-corrected chi connectivity index (χ3v) is 2.97. The smallest absolute Gasteiger partial charge is 0.273 e. The Balaban J connectivity index is 2.20. The minimum Gasteiger partial charge on any atom is -0.342 e. The molecule has 2 aromatic rings. The highest BCUT2D eigenvalue weighted by atomic mass is 35.5. The quantitative estimate of drug-likeness (QED) is 0.932. The summed E-state index contributed by atoms with van der Waals surface area (Å²) in [6.07, 6.45) is 4.20. The Morgan fingerprint density at radius 2 is 2.16 bits per heavy atom. The second-order valence-corrected chi connectivity index (χ2v) is 4.92. The van der Waals surface area contributed by atoms with E-state index in [0.29, 0.717) is 21.6 Å². The van der Waals surface area contributed by atoms with E-state index in [9.17, 15) is 4.79 Å². The van der Waals surface area contributed by atoms with E-state index in [-0.39, 0.29) is 5.91 Å². The predicted molar refractivity (Wildman–Crippen MR) is 76.9 cm³/mol. The zero-order chi connectivity index (χ0) is 13.8. The number of aryl methyl sites for hydroxylation is 1. The van der Waals surface area contributed by atoms with Crippen LogP contribution >= 0.6 is 23.2 Å². The molecule has 0 aromatic carbocycles. The van der Waals surface area contributed by atoms with Crippen LogP contribution in [0.4, 0.5) is 5.82 Å². The second-order valence-electron chi connectivity index (χ2n) is 4.05. The van der Waals surface area contributed by atoms with E-state index in [2.05, 4.69) is 10.3 Å². The Kier molecular flexibility index (Phi) is 4.45. The largest absolute Gasteiger partial charge is 0.342 e. The molecule has 1 N–H and O–H groups in total. The van der Waals surface area contributed by atoms with E-state index in [1.807, 2.05) is 11.5 Å². The molecule has 6 heteroatoms. The fourth-order valence-corrected chi connectivity index (χ4v) is 2.13. The summed E-state index contributed by atoms with van der Waals surface area (Å²) in [5, 5.41) is 3.76. The van der Waals surface area contributed by atoms with Crippen LogP contribution in [0, 0.1) is 0 Å². The van der Waals surface area contributed by atoms with E-state index in [1.165, 1.54) is 6.20 Å². The maximum Gasteiger partial charge on any atom is 0.273 e. The van der Waals surface area contributed by atoms with Gasteiger partial charge in [-0.1, -0.05) is 30.1 Å². The van der Waals surface area contributed by atoms with Crippen LogP contribution in [0.5, 0.6) is 0 Å². The molecular formula is C13H13Cl2N3O. The molecule has 0 aliphatic rings. The molecule has 2 rings (SSSR count). The highest BCUT2D eigenvalue weighted by molar-refractivity contribution is 6.31. The first kappa shape index (κ1) is 13.9. The number of carbonyl (C=O) groups is 1. The second kappa shape index (κ2) is 6.08. The molecule has 0 atom stereocenters. The van der Waals surface area contributed by atoms with Crippen LogP contribution in [0.15, 0.2) is 30.6 Å². The lowest BCUT2D eigenvalue weighted by atomic mass is 10.3. The van der Waals surface area contributed by atoms with Crippen LogP contribution in [-0.2, 0) is 6.54 Å². The summed E-state index contributed by atoms with van der Waals surface area (Å²) < 4.78 is 1.82. The average Bonchev–Trinajstić information content (AvgIpc) is 2.71. The van der Waals surface area contributed by atoms with Crippen molar-refractivity contribution in [1.29, 1.82) is 0 Å². The van der Waals surface area contributed by atoms with Gasteiger partial charge in [-0.15, -0.1) is 0 Å². The topological polar surface area (TPSA) is 46.9 Å². The van der Waals surface area contributed by atoms with Gasteiger partial charge in [-0.2, -0.15) is 0 Å². The highest BCUT2D eigenvalue weighted by Gasteiger charge is 2.13. The number of hydrogen-bond acceptors (Lipinski definition) is 2. The van der Waals surface area contributed by atoms with Crippen molar-refractivity contribution in [2.24, 2.45) is 0 Å². The molecule has 1 amide bonds. The Morgan fingerprint density at radius 3 is 2.84 bits per heavy atom. The molecule has 100 valence electrons. The number of rotatable bonds is 4. The first-order chi connectivity index (χ1) is 9.10. The van der Waals surface area contributed by atoms with E-state index >= 15 is 0 Å². The number of amides is 1. The molecule has 0 saturated carbocycles. The SMILES string of the molecule is CCCn1cc(Cl)cc1C(=O)Nc1cc(Cl)ccn1. The number of halogens is 2. The van der Waals surface area contributed by atoms with Crippen LogP contribution in [0.25, 0.3) is 0 Å². The molecule has 0 fully saturated rings. The summed E-state index contributed by atoms with van der Waals surface area (Å²) in [5.41, 5.74) is 0.508. The van der Waals surface area contributed by atoms with Crippen LogP contribution in [0.3, 0.4) is 0 Å². The van der Waals surface area contributed by atoms with Gasteiger partial charge in [-0.3, -0.25) is 4.79 Å². The van der Waals surface area contributed by atoms with Gasteiger partial charge >= 0.3 is 0 Å². The summed E-state index contributed by atoms with van der Waals surface area (Å²) in [5.74, 6) is 0.160. The Bertz CT molecular complexity index is 595. The number of carbonyl (C=O) groups excluding carboxylic acids is 1. The predicted octanol–water partition coefficient (Wildman–Crippen LogP) is 3.85. The van der Waals surface area contributed by atoms with Crippen molar-refractivity contribution in [2.45, 2.75) is 19.9 Å². The molecule has 0 spiro atoms. The number of anilines is 1. The van der Waals surface area contributed by atoms with Gasteiger partial charge in [-0.25, -0.2) is 4.98 Å². The molecule has 0 bridgehead atoms. The summed E-state index contributed by atoms with van der Waals surface area (Å²) in [6.45, 7) is 2.77. The zero-order valence-electron chi connectivity index (χ0n) is 10.4. The lowest BCUT2D eigenvalue weighted by molar-refractivity contribution is 0.101. The zero-order valence-corrected chi connectivity index (χ0v) is 11.9. The number of nitrogens with zero attached hydrogens (tertiary/aromatic N) is 2. The van der Waals surface area contributed by atoms with Crippen molar-refractivity contribution in [3.8, 4) is 0 Å². The Hall–Kier alpha value is -1.52. The lowest BCUT2D eigenvalue weighted by Crippen LogP contribution is -2.17. The van der Waals surface area contributed by atoms with Gasteiger partial charge in [-0.05, 0) is 24.6 Å². The van der Waals surface area contributed by atoms with Gasteiger partial charge in [0.25, 0.3) is 5.91 Å². The summed E-state index contributed by atoms with van der Waals surface area (Å²) >= 11 is 11.8. The monoisotopic (exact) mass is 297 g/mol. The highest BCUT2D eigenvalue weighted by Crippen LogP contribution is 2.17. The summed E-state index contributed by atoms with van der Waals surface area (Å²) in [7, 11) is 0. The minimum atomic E-state index is -0.255. The minimum absolute atomic E-state index is 0.255. The van der Waals surface area contributed by atoms with Crippen molar-refractivity contribution in [1.82, 2.24) is 9.55 Å². The van der Waals surface area contributed by atoms with Crippen LogP contribution < -0.4 is 5.32 Å². The van der Waals surface area contributed by atoms with Gasteiger partial charge in [0, 0.05) is 24.0 Å². The normalized spacial score (nSPS) is 10.5. The molecule has 0 aliphatic carbocycles. The molecule has 2 heterocycles.